The molecule has 0 saturated carbocycles. The van der Waals surface area contributed by atoms with Gasteiger partial charge in [-0.3, -0.25) is 4.79 Å². The van der Waals surface area contributed by atoms with Gasteiger partial charge in [0.1, 0.15) is 9.84 Å². The topological polar surface area (TPSA) is 89.3 Å². The van der Waals surface area contributed by atoms with Crippen molar-refractivity contribution < 1.29 is 13.2 Å². The van der Waals surface area contributed by atoms with E-state index in [9.17, 15) is 13.2 Å². The van der Waals surface area contributed by atoms with Gasteiger partial charge in [0.25, 0.3) is 0 Å². The van der Waals surface area contributed by atoms with Crippen molar-refractivity contribution in [3.05, 3.63) is 0 Å². The Balaban J connectivity index is 4.04. The molecule has 5 nitrogen and oxygen atoms in total. The first-order valence-corrected chi connectivity index (χ1v) is 7.50. The molecule has 0 aliphatic heterocycles. The molecule has 1 amide bonds. The predicted molar refractivity (Wildman–Crippen MR) is 64.8 cm³/mol. The molecule has 3 N–H and O–H groups in total. The minimum Gasteiger partial charge on any atom is -0.352 e. The number of nitrogens with one attached hydrogen (secondary N) is 1. The Hall–Kier alpha value is -0.620. The molecule has 0 aliphatic carbocycles. The van der Waals surface area contributed by atoms with Crippen molar-refractivity contribution in [2.75, 3.05) is 18.6 Å². The lowest BCUT2D eigenvalue weighted by molar-refractivity contribution is -0.125. The third-order valence-corrected chi connectivity index (χ3v) is 3.34. The molecule has 0 aliphatic rings. The number of sulfone groups is 1. The molecule has 2 atom stereocenters. The SMILES string of the molecule is CC(CS(C)(=O)=O)NC(=O)C(C)CCCN. The van der Waals surface area contributed by atoms with Gasteiger partial charge in [0.15, 0.2) is 0 Å². The summed E-state index contributed by atoms with van der Waals surface area (Å²) in [7, 11) is -3.05. The van der Waals surface area contributed by atoms with Gasteiger partial charge in [0.05, 0.1) is 5.75 Å². The zero-order valence-electron chi connectivity index (χ0n) is 10.2. The van der Waals surface area contributed by atoms with Crippen LogP contribution >= 0.6 is 0 Å². The lowest BCUT2D eigenvalue weighted by Gasteiger charge is -2.16. The van der Waals surface area contributed by atoms with Gasteiger partial charge in [-0.25, -0.2) is 8.42 Å². The highest BCUT2D eigenvalue weighted by molar-refractivity contribution is 7.90. The Morgan fingerprint density at radius 2 is 1.94 bits per heavy atom. The Labute approximate surface area is 97.7 Å². The summed E-state index contributed by atoms with van der Waals surface area (Å²) in [5.74, 6) is -0.252. The molecule has 6 heteroatoms. The van der Waals surface area contributed by atoms with Crippen LogP contribution in [0.2, 0.25) is 0 Å². The summed E-state index contributed by atoms with van der Waals surface area (Å²) in [6.45, 7) is 4.07. The largest absolute Gasteiger partial charge is 0.352 e. The first-order chi connectivity index (χ1) is 7.26. The standard InChI is InChI=1S/C10H22N2O3S/c1-8(5-4-6-11)10(13)12-9(2)7-16(3,14)15/h8-9H,4-7,11H2,1-3H3,(H,12,13). The van der Waals surface area contributed by atoms with E-state index in [0.29, 0.717) is 6.54 Å². The number of rotatable bonds is 7. The Kier molecular flexibility index (Phi) is 6.59. The number of carbonyl (C=O) groups is 1. The minimum absolute atomic E-state index is 0.0254. The van der Waals surface area contributed by atoms with Crippen molar-refractivity contribution in [2.24, 2.45) is 11.7 Å². The second-order valence-electron chi connectivity index (χ2n) is 4.33. The number of amides is 1. The number of hydrogen-bond donors (Lipinski definition) is 2. The maximum absolute atomic E-state index is 11.6. The summed E-state index contributed by atoms with van der Waals surface area (Å²) < 4.78 is 22.0. The summed E-state index contributed by atoms with van der Waals surface area (Å²) in [6, 6.07) is -0.345. The minimum atomic E-state index is -3.05. The van der Waals surface area contributed by atoms with Crippen molar-refractivity contribution >= 4 is 15.7 Å². The Bertz CT molecular complexity index is 314. The molecular weight excluding hydrogens is 228 g/mol. The van der Waals surface area contributed by atoms with Crippen molar-refractivity contribution in [3.63, 3.8) is 0 Å². The highest BCUT2D eigenvalue weighted by Crippen LogP contribution is 2.05. The van der Waals surface area contributed by atoms with Gasteiger partial charge in [-0.05, 0) is 26.3 Å². The lowest BCUT2D eigenvalue weighted by Crippen LogP contribution is -2.40. The van der Waals surface area contributed by atoms with Crippen LogP contribution in [0.5, 0.6) is 0 Å². The third kappa shape index (κ3) is 7.64. The summed E-state index contributed by atoms with van der Waals surface area (Å²) >= 11 is 0. The second-order valence-corrected chi connectivity index (χ2v) is 6.52. The molecule has 96 valence electrons. The lowest BCUT2D eigenvalue weighted by atomic mass is 10.0. The summed E-state index contributed by atoms with van der Waals surface area (Å²) in [5, 5.41) is 2.69. The van der Waals surface area contributed by atoms with E-state index in [-0.39, 0.29) is 23.6 Å². The van der Waals surface area contributed by atoms with Crippen LogP contribution < -0.4 is 11.1 Å². The zero-order valence-corrected chi connectivity index (χ0v) is 11.0. The normalized spacial score (nSPS) is 15.5. The molecule has 2 unspecified atom stereocenters. The highest BCUT2D eigenvalue weighted by atomic mass is 32.2. The van der Waals surface area contributed by atoms with Gasteiger partial charge in [0.2, 0.25) is 5.91 Å². The van der Waals surface area contributed by atoms with Gasteiger partial charge >= 0.3 is 0 Å². The fourth-order valence-electron chi connectivity index (χ4n) is 1.44. The van der Waals surface area contributed by atoms with Gasteiger partial charge < -0.3 is 11.1 Å². The quantitative estimate of drug-likeness (QED) is 0.661. The fraction of sp³-hybridized carbons (Fsp3) is 0.900. The maximum atomic E-state index is 11.6. The van der Waals surface area contributed by atoms with Crippen LogP contribution in [0.25, 0.3) is 0 Å². The molecule has 0 fully saturated rings. The van der Waals surface area contributed by atoms with Crippen molar-refractivity contribution in [1.29, 1.82) is 0 Å². The molecule has 0 saturated heterocycles. The number of carbonyl (C=O) groups excluding carboxylic acids is 1. The van der Waals surface area contributed by atoms with E-state index in [4.69, 9.17) is 5.73 Å². The molecule has 0 spiro atoms. The second kappa shape index (κ2) is 6.85. The van der Waals surface area contributed by atoms with E-state index < -0.39 is 9.84 Å². The van der Waals surface area contributed by atoms with E-state index >= 15 is 0 Å². The van der Waals surface area contributed by atoms with Crippen LogP contribution in [0.1, 0.15) is 26.7 Å². The molecule has 0 radical (unpaired) electrons. The van der Waals surface area contributed by atoms with Gasteiger partial charge in [-0.1, -0.05) is 6.92 Å². The summed E-state index contributed by atoms with van der Waals surface area (Å²) in [4.78, 5) is 11.6. The number of hydrogen-bond acceptors (Lipinski definition) is 4. The average Bonchev–Trinajstić information content (AvgIpc) is 2.10. The van der Waals surface area contributed by atoms with Crippen molar-refractivity contribution in [2.45, 2.75) is 32.7 Å². The van der Waals surface area contributed by atoms with Crippen LogP contribution in [0, 0.1) is 5.92 Å². The van der Waals surface area contributed by atoms with E-state index in [1.54, 1.807) is 6.92 Å². The number of nitrogens with two attached hydrogens (primary N) is 1. The Morgan fingerprint density at radius 3 is 2.38 bits per heavy atom. The molecule has 0 bridgehead atoms. The third-order valence-electron chi connectivity index (χ3n) is 2.23. The average molecular weight is 250 g/mol. The predicted octanol–water partition coefficient (Wildman–Crippen LogP) is -0.0893. The van der Waals surface area contributed by atoms with Gasteiger partial charge in [0, 0.05) is 18.2 Å². The molecule has 16 heavy (non-hydrogen) atoms. The molecule has 0 aromatic carbocycles. The van der Waals surface area contributed by atoms with Crippen LogP contribution in [0.15, 0.2) is 0 Å². The molecule has 0 aromatic heterocycles. The van der Waals surface area contributed by atoms with E-state index in [2.05, 4.69) is 5.32 Å². The first kappa shape index (κ1) is 15.4. The van der Waals surface area contributed by atoms with Crippen LogP contribution in [0.4, 0.5) is 0 Å². The molecule has 0 aromatic rings. The monoisotopic (exact) mass is 250 g/mol. The van der Waals surface area contributed by atoms with Gasteiger partial charge in [-0.2, -0.15) is 0 Å². The zero-order chi connectivity index (χ0) is 12.8. The highest BCUT2D eigenvalue weighted by Gasteiger charge is 2.17. The fourth-order valence-corrected chi connectivity index (χ4v) is 2.43. The summed E-state index contributed by atoms with van der Waals surface area (Å²) in [5.41, 5.74) is 5.35. The molecule has 0 rings (SSSR count). The van der Waals surface area contributed by atoms with E-state index in [0.717, 1.165) is 19.1 Å². The molecule has 0 heterocycles. The molecular formula is C10H22N2O3S. The van der Waals surface area contributed by atoms with Crippen molar-refractivity contribution in [1.82, 2.24) is 5.32 Å². The van der Waals surface area contributed by atoms with E-state index in [1.165, 1.54) is 0 Å². The first-order valence-electron chi connectivity index (χ1n) is 5.44. The van der Waals surface area contributed by atoms with Crippen LogP contribution in [-0.2, 0) is 14.6 Å². The van der Waals surface area contributed by atoms with Crippen LogP contribution in [-0.4, -0.2) is 38.9 Å². The van der Waals surface area contributed by atoms with Gasteiger partial charge in [-0.15, -0.1) is 0 Å². The maximum Gasteiger partial charge on any atom is 0.223 e. The van der Waals surface area contributed by atoms with E-state index in [1.807, 2.05) is 6.92 Å². The summed E-state index contributed by atoms with van der Waals surface area (Å²) in [6.07, 6.45) is 2.69. The van der Waals surface area contributed by atoms with Crippen LogP contribution in [0.3, 0.4) is 0 Å². The smallest absolute Gasteiger partial charge is 0.223 e. The van der Waals surface area contributed by atoms with Crippen molar-refractivity contribution in [3.8, 4) is 0 Å². The Morgan fingerprint density at radius 1 is 1.38 bits per heavy atom.